The summed E-state index contributed by atoms with van der Waals surface area (Å²) in [7, 11) is 0. The van der Waals surface area contributed by atoms with Crippen LogP contribution in [0.4, 0.5) is 17.6 Å². The van der Waals surface area contributed by atoms with E-state index in [1.54, 1.807) is 24.4 Å². The average molecular weight is 532 g/mol. The molecule has 2 aromatic heterocycles. The van der Waals surface area contributed by atoms with Crippen molar-refractivity contribution >= 4 is 57.9 Å². The number of aliphatic hydroxyl groups is 1. The molecule has 0 aliphatic heterocycles. The van der Waals surface area contributed by atoms with Crippen molar-refractivity contribution in [1.82, 2.24) is 19.5 Å². The van der Waals surface area contributed by atoms with Crippen molar-refractivity contribution in [3.05, 3.63) is 34.4 Å². The topological polar surface area (TPSA) is 131 Å². The minimum absolute atomic E-state index is 0.0665. The molecule has 192 valence electrons. The minimum Gasteiger partial charge on any atom is -0.393 e. The van der Waals surface area contributed by atoms with E-state index in [2.05, 4.69) is 20.2 Å². The maximum Gasteiger partial charge on any atom is 0.224 e. The third kappa shape index (κ3) is 5.38. The van der Waals surface area contributed by atoms with Crippen LogP contribution >= 0.6 is 23.2 Å². The number of para-hydroxylation sites is 1. The quantitative estimate of drug-likeness (QED) is 0.321. The number of anilines is 3. The van der Waals surface area contributed by atoms with Gasteiger partial charge in [0.2, 0.25) is 17.8 Å². The highest BCUT2D eigenvalue weighted by molar-refractivity contribution is 6.39. The van der Waals surface area contributed by atoms with E-state index in [1.165, 1.54) is 0 Å². The number of nitrogens with zero attached hydrogens (tertiary/aromatic N) is 4. The SMILES string of the molecule is NC(=O)[C@H]1CC[C@@H](n2c(Nc3c(Cl)cccc3Cl)nc3cnc(N[C@@H]4CCCC[C@H](O)C4)nc32)CC1. The molecule has 0 saturated heterocycles. The standard InChI is InChI=1S/C25H31Cl2N7O2/c26-18-6-3-7-19(27)21(18)32-25-31-20-13-29-24(30-15-4-1-2-5-17(35)12-15)33-23(20)34(25)16-10-8-14(9-11-16)22(28)36/h3,6-7,13-17,35H,1-2,4-5,8-12H2,(H2,28,36)(H,31,32)(H,29,30,33)/t14-,15-,16+,17+/m1/s1. The predicted molar refractivity (Wildman–Crippen MR) is 142 cm³/mol. The van der Waals surface area contributed by atoms with Gasteiger partial charge in [0.1, 0.15) is 5.52 Å². The van der Waals surface area contributed by atoms with E-state index in [0.717, 1.165) is 38.5 Å². The molecule has 2 heterocycles. The van der Waals surface area contributed by atoms with E-state index in [-0.39, 0.29) is 30.0 Å². The molecular weight excluding hydrogens is 501 g/mol. The Bertz CT molecular complexity index is 1220. The van der Waals surface area contributed by atoms with Crippen molar-refractivity contribution in [2.75, 3.05) is 10.6 Å². The van der Waals surface area contributed by atoms with Crippen molar-refractivity contribution in [2.24, 2.45) is 11.7 Å². The number of halogens is 2. The van der Waals surface area contributed by atoms with E-state index < -0.39 is 0 Å². The Morgan fingerprint density at radius 3 is 2.50 bits per heavy atom. The molecule has 9 nitrogen and oxygen atoms in total. The van der Waals surface area contributed by atoms with Gasteiger partial charge < -0.3 is 21.5 Å². The normalized spacial score (nSPS) is 24.9. The van der Waals surface area contributed by atoms with Gasteiger partial charge in [0.25, 0.3) is 0 Å². The first-order chi connectivity index (χ1) is 17.4. The first-order valence-electron chi connectivity index (χ1n) is 12.6. The van der Waals surface area contributed by atoms with Crippen LogP contribution in [-0.4, -0.2) is 42.7 Å². The molecule has 0 spiro atoms. The predicted octanol–water partition coefficient (Wildman–Crippen LogP) is 5.20. The first kappa shape index (κ1) is 25.0. The Hall–Kier alpha value is -2.62. The van der Waals surface area contributed by atoms with Gasteiger partial charge in [-0.15, -0.1) is 0 Å². The van der Waals surface area contributed by atoms with Gasteiger partial charge in [-0.3, -0.25) is 9.36 Å². The highest BCUT2D eigenvalue weighted by atomic mass is 35.5. The van der Waals surface area contributed by atoms with Gasteiger partial charge in [-0.1, -0.05) is 42.1 Å². The summed E-state index contributed by atoms with van der Waals surface area (Å²) >= 11 is 12.9. The Morgan fingerprint density at radius 1 is 1.06 bits per heavy atom. The summed E-state index contributed by atoms with van der Waals surface area (Å²) in [5, 5.41) is 17.9. The van der Waals surface area contributed by atoms with Crippen LogP contribution in [0.2, 0.25) is 10.0 Å². The second kappa shape index (κ2) is 10.8. The number of nitrogens with one attached hydrogen (secondary N) is 2. The van der Waals surface area contributed by atoms with Gasteiger partial charge in [-0.2, -0.15) is 4.98 Å². The fraction of sp³-hybridized carbons (Fsp3) is 0.520. The second-order valence-electron chi connectivity index (χ2n) is 9.85. The van der Waals surface area contributed by atoms with Crippen LogP contribution in [0, 0.1) is 5.92 Å². The van der Waals surface area contributed by atoms with Crippen LogP contribution in [0.25, 0.3) is 11.2 Å². The highest BCUT2D eigenvalue weighted by Crippen LogP contribution is 2.39. The number of carbonyl (C=O) groups is 1. The van der Waals surface area contributed by atoms with Gasteiger partial charge in [0, 0.05) is 18.0 Å². The van der Waals surface area contributed by atoms with Crippen molar-refractivity contribution in [3.63, 3.8) is 0 Å². The fourth-order valence-corrected chi connectivity index (χ4v) is 5.88. The van der Waals surface area contributed by atoms with Crippen LogP contribution in [0.5, 0.6) is 0 Å². The molecule has 2 atom stereocenters. The third-order valence-electron chi connectivity index (χ3n) is 7.33. The number of benzene rings is 1. The molecule has 1 amide bonds. The number of hydrogen-bond acceptors (Lipinski definition) is 7. The van der Waals surface area contributed by atoms with Gasteiger partial charge in [0.05, 0.1) is 28.0 Å². The van der Waals surface area contributed by atoms with Crippen molar-refractivity contribution in [2.45, 2.75) is 76.0 Å². The fourth-order valence-electron chi connectivity index (χ4n) is 5.39. The number of hydrogen-bond donors (Lipinski definition) is 4. The zero-order valence-electron chi connectivity index (χ0n) is 20.0. The van der Waals surface area contributed by atoms with E-state index in [0.29, 0.717) is 58.1 Å². The zero-order valence-corrected chi connectivity index (χ0v) is 21.5. The Labute approximate surface area is 219 Å². The molecule has 11 heteroatoms. The molecule has 3 aromatic rings. The Morgan fingerprint density at radius 2 is 1.78 bits per heavy atom. The lowest BCUT2D eigenvalue weighted by Gasteiger charge is -2.29. The zero-order chi connectivity index (χ0) is 25.2. The van der Waals surface area contributed by atoms with Crippen molar-refractivity contribution in [3.8, 4) is 0 Å². The average Bonchev–Trinajstić information content (AvgIpc) is 3.08. The van der Waals surface area contributed by atoms with Crippen LogP contribution in [0.3, 0.4) is 0 Å². The van der Waals surface area contributed by atoms with Crippen molar-refractivity contribution < 1.29 is 9.90 Å². The molecule has 2 saturated carbocycles. The first-order valence-corrected chi connectivity index (χ1v) is 13.3. The molecule has 0 unspecified atom stereocenters. The minimum atomic E-state index is -0.309. The number of aromatic nitrogens is 4. The number of primary amides is 1. The number of fused-ring (bicyclic) bond motifs is 1. The summed E-state index contributed by atoms with van der Waals surface area (Å²) in [6.07, 6.45) is 8.92. The van der Waals surface area contributed by atoms with E-state index in [9.17, 15) is 9.90 Å². The van der Waals surface area contributed by atoms with Crippen molar-refractivity contribution in [1.29, 1.82) is 0 Å². The molecule has 1 aromatic carbocycles. The molecule has 5 rings (SSSR count). The van der Waals surface area contributed by atoms with E-state index in [1.807, 2.05) is 0 Å². The number of rotatable bonds is 6. The molecule has 2 fully saturated rings. The Kier molecular flexibility index (Phi) is 7.50. The summed E-state index contributed by atoms with van der Waals surface area (Å²) in [5.74, 6) is 0.721. The maximum absolute atomic E-state index is 11.7. The molecule has 0 radical (unpaired) electrons. The number of imidazole rings is 1. The highest BCUT2D eigenvalue weighted by Gasteiger charge is 2.29. The lowest BCUT2D eigenvalue weighted by molar-refractivity contribution is -0.122. The lowest BCUT2D eigenvalue weighted by atomic mass is 9.85. The number of carbonyl (C=O) groups excluding carboxylic acids is 1. The molecule has 36 heavy (non-hydrogen) atoms. The monoisotopic (exact) mass is 531 g/mol. The summed E-state index contributed by atoms with van der Waals surface area (Å²) in [6.45, 7) is 0. The molecular formula is C25H31Cl2N7O2. The lowest BCUT2D eigenvalue weighted by Crippen LogP contribution is -2.29. The Balaban J connectivity index is 1.50. The maximum atomic E-state index is 11.7. The van der Waals surface area contributed by atoms with Gasteiger partial charge in [-0.05, 0) is 57.1 Å². The number of amides is 1. The number of aliphatic hydroxyl groups excluding tert-OH is 1. The van der Waals surface area contributed by atoms with Gasteiger partial charge >= 0.3 is 0 Å². The summed E-state index contributed by atoms with van der Waals surface area (Å²) in [5.41, 5.74) is 7.47. The molecule has 5 N–H and O–H groups in total. The van der Waals surface area contributed by atoms with E-state index >= 15 is 0 Å². The largest absolute Gasteiger partial charge is 0.393 e. The van der Waals surface area contributed by atoms with Crippen LogP contribution in [-0.2, 0) is 4.79 Å². The van der Waals surface area contributed by atoms with Crippen LogP contribution < -0.4 is 16.4 Å². The van der Waals surface area contributed by atoms with Crippen LogP contribution in [0.1, 0.15) is 63.8 Å². The van der Waals surface area contributed by atoms with E-state index in [4.69, 9.17) is 38.9 Å². The smallest absolute Gasteiger partial charge is 0.224 e. The van der Waals surface area contributed by atoms with Gasteiger partial charge in [0.15, 0.2) is 5.65 Å². The molecule has 2 aliphatic rings. The molecule has 2 aliphatic carbocycles. The second-order valence-corrected chi connectivity index (χ2v) is 10.7. The molecule has 0 bridgehead atoms. The summed E-state index contributed by atoms with van der Waals surface area (Å²) in [4.78, 5) is 25.9. The summed E-state index contributed by atoms with van der Waals surface area (Å²) < 4.78 is 2.07. The third-order valence-corrected chi connectivity index (χ3v) is 7.96. The summed E-state index contributed by atoms with van der Waals surface area (Å²) in [6, 6.07) is 5.50. The number of nitrogens with two attached hydrogens (primary N) is 1. The van der Waals surface area contributed by atoms with Gasteiger partial charge in [-0.25, -0.2) is 9.97 Å². The van der Waals surface area contributed by atoms with Crippen LogP contribution in [0.15, 0.2) is 24.4 Å².